The minimum atomic E-state index is -0.109. The lowest BCUT2D eigenvalue weighted by atomic mass is 10.1. The van der Waals surface area contributed by atoms with Gasteiger partial charge in [-0.2, -0.15) is 0 Å². The summed E-state index contributed by atoms with van der Waals surface area (Å²) in [6, 6.07) is 15.5. The largest absolute Gasteiger partial charge is 0.361 e. The molecule has 1 amide bonds. The molecule has 0 aliphatic carbocycles. The Bertz CT molecular complexity index is 1030. The Kier molecular flexibility index (Phi) is 3.75. The maximum atomic E-state index is 12.3. The highest BCUT2D eigenvalue weighted by molar-refractivity contribution is 6.31. The third kappa shape index (κ3) is 2.76. The quantitative estimate of drug-likeness (QED) is 0.511. The fourth-order valence-electron chi connectivity index (χ4n) is 2.97. The minimum absolute atomic E-state index is 0.109. The molecule has 120 valence electrons. The van der Waals surface area contributed by atoms with Crippen molar-refractivity contribution in [1.29, 1.82) is 0 Å². The molecule has 5 heteroatoms. The number of rotatable bonds is 4. The van der Waals surface area contributed by atoms with Gasteiger partial charge in [0, 0.05) is 39.6 Å². The van der Waals surface area contributed by atoms with Crippen LogP contribution in [-0.4, -0.2) is 22.4 Å². The van der Waals surface area contributed by atoms with Gasteiger partial charge in [-0.05, 0) is 36.2 Å². The number of H-pyrrole nitrogens is 2. The standard InChI is InChI=1S/C19H16ClN3O/c20-14-6-5-12-9-18(23-17(12)10-14)19(24)21-8-7-13-11-22-16-4-2-1-3-15(13)16/h1-6,9-11,22-23H,7-8H2,(H,21,24). The van der Waals surface area contributed by atoms with Crippen LogP contribution in [0.15, 0.2) is 54.7 Å². The van der Waals surface area contributed by atoms with Crippen LogP contribution in [-0.2, 0) is 6.42 Å². The zero-order valence-corrected chi connectivity index (χ0v) is 13.7. The lowest BCUT2D eigenvalue weighted by Gasteiger charge is -2.03. The zero-order valence-electron chi connectivity index (χ0n) is 12.9. The van der Waals surface area contributed by atoms with Crippen LogP contribution in [0.2, 0.25) is 5.02 Å². The lowest BCUT2D eigenvalue weighted by Crippen LogP contribution is -2.25. The first-order chi connectivity index (χ1) is 11.7. The molecule has 0 fully saturated rings. The molecule has 2 aromatic heterocycles. The van der Waals surface area contributed by atoms with Crippen molar-refractivity contribution in [2.75, 3.05) is 6.54 Å². The van der Waals surface area contributed by atoms with Crippen LogP contribution < -0.4 is 5.32 Å². The fourth-order valence-corrected chi connectivity index (χ4v) is 3.14. The monoisotopic (exact) mass is 337 g/mol. The van der Waals surface area contributed by atoms with Crippen LogP contribution in [0.25, 0.3) is 21.8 Å². The molecule has 0 spiro atoms. The van der Waals surface area contributed by atoms with Gasteiger partial charge in [0.2, 0.25) is 0 Å². The van der Waals surface area contributed by atoms with Gasteiger partial charge < -0.3 is 15.3 Å². The molecule has 0 aliphatic rings. The molecule has 4 nitrogen and oxygen atoms in total. The van der Waals surface area contributed by atoms with Crippen LogP contribution >= 0.6 is 11.6 Å². The predicted molar refractivity (Wildman–Crippen MR) is 97.6 cm³/mol. The van der Waals surface area contributed by atoms with E-state index in [0.717, 1.165) is 22.8 Å². The second-order valence-electron chi connectivity index (χ2n) is 5.78. The molecular weight excluding hydrogens is 322 g/mol. The Hall–Kier alpha value is -2.72. The van der Waals surface area contributed by atoms with Gasteiger partial charge in [-0.15, -0.1) is 0 Å². The SMILES string of the molecule is O=C(NCCc1c[nH]c2ccccc12)c1cc2ccc(Cl)cc2[nH]1. The minimum Gasteiger partial charge on any atom is -0.361 e. The van der Waals surface area contributed by atoms with E-state index in [2.05, 4.69) is 21.4 Å². The van der Waals surface area contributed by atoms with Gasteiger partial charge in [-0.3, -0.25) is 4.79 Å². The van der Waals surface area contributed by atoms with E-state index in [1.165, 1.54) is 10.9 Å². The van der Waals surface area contributed by atoms with Crippen LogP contribution in [0.4, 0.5) is 0 Å². The van der Waals surface area contributed by atoms with Crippen molar-refractivity contribution in [2.45, 2.75) is 6.42 Å². The van der Waals surface area contributed by atoms with Crippen LogP contribution in [0.5, 0.6) is 0 Å². The first-order valence-electron chi connectivity index (χ1n) is 7.82. The number of nitrogens with one attached hydrogen (secondary N) is 3. The third-order valence-corrected chi connectivity index (χ3v) is 4.42. The Morgan fingerprint density at radius 2 is 1.96 bits per heavy atom. The van der Waals surface area contributed by atoms with Crippen LogP contribution in [0.1, 0.15) is 16.1 Å². The summed E-state index contributed by atoms with van der Waals surface area (Å²) in [7, 11) is 0. The molecule has 0 unspecified atom stereocenters. The van der Waals surface area contributed by atoms with Gasteiger partial charge in [-0.1, -0.05) is 35.9 Å². The number of aromatic nitrogens is 2. The number of para-hydroxylation sites is 1. The Morgan fingerprint density at radius 3 is 2.88 bits per heavy atom. The smallest absolute Gasteiger partial charge is 0.267 e. The predicted octanol–water partition coefficient (Wildman–Crippen LogP) is 4.28. The second kappa shape index (κ2) is 6.06. The van der Waals surface area contributed by atoms with E-state index < -0.39 is 0 Å². The summed E-state index contributed by atoms with van der Waals surface area (Å²) in [5.41, 5.74) is 3.73. The molecule has 3 N–H and O–H groups in total. The number of benzene rings is 2. The highest BCUT2D eigenvalue weighted by Gasteiger charge is 2.10. The summed E-state index contributed by atoms with van der Waals surface area (Å²) in [6.07, 6.45) is 2.78. The molecule has 0 radical (unpaired) electrons. The number of hydrogen-bond acceptors (Lipinski definition) is 1. The van der Waals surface area contributed by atoms with Gasteiger partial charge in [-0.25, -0.2) is 0 Å². The Balaban J connectivity index is 1.44. The number of amides is 1. The van der Waals surface area contributed by atoms with E-state index in [1.54, 1.807) is 0 Å². The molecule has 24 heavy (non-hydrogen) atoms. The van der Waals surface area contributed by atoms with Gasteiger partial charge in [0.25, 0.3) is 5.91 Å². The molecule has 2 heterocycles. The van der Waals surface area contributed by atoms with Gasteiger partial charge in [0.1, 0.15) is 5.69 Å². The Labute approximate surface area is 143 Å². The first kappa shape index (κ1) is 14.8. The molecule has 0 aliphatic heterocycles. The zero-order chi connectivity index (χ0) is 16.5. The number of fused-ring (bicyclic) bond motifs is 2. The molecule has 4 aromatic rings. The van der Waals surface area contributed by atoms with Crippen molar-refractivity contribution in [3.8, 4) is 0 Å². The summed E-state index contributed by atoms with van der Waals surface area (Å²) in [6.45, 7) is 0.580. The van der Waals surface area contributed by atoms with E-state index in [4.69, 9.17) is 11.6 Å². The molecular formula is C19H16ClN3O. The van der Waals surface area contributed by atoms with E-state index in [-0.39, 0.29) is 5.91 Å². The van der Waals surface area contributed by atoms with Crippen molar-refractivity contribution in [2.24, 2.45) is 0 Å². The number of aromatic amines is 2. The van der Waals surface area contributed by atoms with Crippen LogP contribution in [0.3, 0.4) is 0 Å². The molecule has 2 aromatic carbocycles. The number of hydrogen-bond donors (Lipinski definition) is 3. The maximum absolute atomic E-state index is 12.3. The van der Waals surface area contributed by atoms with Crippen molar-refractivity contribution in [1.82, 2.24) is 15.3 Å². The number of carbonyl (C=O) groups is 1. The van der Waals surface area contributed by atoms with Gasteiger partial charge in [0.05, 0.1) is 0 Å². The average Bonchev–Trinajstić information content (AvgIpc) is 3.18. The van der Waals surface area contributed by atoms with Gasteiger partial charge >= 0.3 is 0 Å². The first-order valence-corrected chi connectivity index (χ1v) is 8.20. The highest BCUT2D eigenvalue weighted by atomic mass is 35.5. The molecule has 0 saturated heterocycles. The maximum Gasteiger partial charge on any atom is 0.267 e. The van der Waals surface area contributed by atoms with E-state index in [0.29, 0.717) is 17.3 Å². The number of carbonyl (C=O) groups excluding carboxylic acids is 1. The molecule has 0 bridgehead atoms. The average molecular weight is 338 g/mol. The van der Waals surface area contributed by atoms with Crippen molar-refractivity contribution < 1.29 is 4.79 Å². The second-order valence-corrected chi connectivity index (χ2v) is 6.22. The summed E-state index contributed by atoms with van der Waals surface area (Å²) >= 11 is 5.97. The van der Waals surface area contributed by atoms with E-state index in [1.807, 2.05) is 48.7 Å². The topological polar surface area (TPSA) is 60.7 Å². The summed E-state index contributed by atoms with van der Waals surface area (Å²) < 4.78 is 0. The molecule has 0 saturated carbocycles. The number of halogens is 1. The van der Waals surface area contributed by atoms with Crippen molar-refractivity contribution >= 4 is 39.3 Å². The van der Waals surface area contributed by atoms with E-state index in [9.17, 15) is 4.79 Å². The van der Waals surface area contributed by atoms with E-state index >= 15 is 0 Å². The summed E-state index contributed by atoms with van der Waals surface area (Å²) in [4.78, 5) is 18.7. The lowest BCUT2D eigenvalue weighted by molar-refractivity contribution is 0.0950. The Morgan fingerprint density at radius 1 is 1.08 bits per heavy atom. The molecule has 0 atom stereocenters. The molecule has 4 rings (SSSR count). The van der Waals surface area contributed by atoms with Crippen molar-refractivity contribution in [3.63, 3.8) is 0 Å². The van der Waals surface area contributed by atoms with Gasteiger partial charge in [0.15, 0.2) is 0 Å². The fraction of sp³-hybridized carbons (Fsp3) is 0.105. The summed E-state index contributed by atoms with van der Waals surface area (Å²) in [5.74, 6) is -0.109. The summed E-state index contributed by atoms with van der Waals surface area (Å²) in [5, 5.41) is 5.78. The van der Waals surface area contributed by atoms with Crippen molar-refractivity contribution in [3.05, 3.63) is 71.0 Å². The highest BCUT2D eigenvalue weighted by Crippen LogP contribution is 2.20. The third-order valence-electron chi connectivity index (χ3n) is 4.18. The van der Waals surface area contributed by atoms with Crippen LogP contribution in [0, 0.1) is 0 Å². The normalized spacial score (nSPS) is 11.2.